The van der Waals surface area contributed by atoms with Crippen LogP contribution < -0.4 is 5.32 Å². The predicted octanol–water partition coefficient (Wildman–Crippen LogP) is 1.82. The lowest BCUT2D eigenvalue weighted by Crippen LogP contribution is -2.47. The van der Waals surface area contributed by atoms with E-state index in [-0.39, 0.29) is 30.2 Å². The summed E-state index contributed by atoms with van der Waals surface area (Å²) in [5.74, 6) is -2.24. The van der Waals surface area contributed by atoms with Crippen LogP contribution in [0, 0.1) is 11.8 Å². The summed E-state index contributed by atoms with van der Waals surface area (Å²) in [6.45, 7) is 5.72. The molecule has 0 saturated carbocycles. The first-order valence-corrected chi connectivity index (χ1v) is 8.18. The van der Waals surface area contributed by atoms with Crippen LogP contribution in [0.4, 0.5) is 0 Å². The number of rotatable bonds is 6. The maximum atomic E-state index is 12.4. The lowest BCUT2D eigenvalue weighted by Gasteiger charge is -2.25. The van der Waals surface area contributed by atoms with E-state index < -0.39 is 17.9 Å². The molecule has 130 valence electrons. The second-order valence-electron chi connectivity index (χ2n) is 6.60. The molecular weight excluding hydrogens is 308 g/mol. The molecule has 6 heteroatoms. The molecule has 0 aliphatic carbocycles. The summed E-state index contributed by atoms with van der Waals surface area (Å²) in [5, 5.41) is 11.7. The predicted molar refractivity (Wildman–Crippen MR) is 89.1 cm³/mol. The molecule has 1 aliphatic rings. The van der Waals surface area contributed by atoms with Gasteiger partial charge < -0.3 is 15.3 Å². The summed E-state index contributed by atoms with van der Waals surface area (Å²) >= 11 is 0. The van der Waals surface area contributed by atoms with E-state index in [4.69, 9.17) is 0 Å². The standard InChI is InChI=1S/C18H24N2O4/c1-11(2)16(18(23)24)19-17(22)14-9-15(21)20(10-14)12(3)13-7-5-4-6-8-13/h4-8,11-12,14,16H,9-10H2,1-3H3,(H,19,22)(H,23,24)/t12?,14?,16-/m0/s1. The highest BCUT2D eigenvalue weighted by atomic mass is 16.4. The van der Waals surface area contributed by atoms with Gasteiger partial charge in [0.15, 0.2) is 0 Å². The van der Waals surface area contributed by atoms with Gasteiger partial charge in [-0.05, 0) is 18.4 Å². The maximum Gasteiger partial charge on any atom is 0.326 e. The number of hydrogen-bond donors (Lipinski definition) is 2. The Morgan fingerprint density at radius 3 is 2.38 bits per heavy atom. The number of nitrogens with zero attached hydrogens (tertiary/aromatic N) is 1. The van der Waals surface area contributed by atoms with E-state index in [9.17, 15) is 19.5 Å². The van der Waals surface area contributed by atoms with Gasteiger partial charge in [0.2, 0.25) is 11.8 Å². The molecule has 2 N–H and O–H groups in total. The summed E-state index contributed by atoms with van der Waals surface area (Å²) in [7, 11) is 0. The largest absolute Gasteiger partial charge is 0.480 e. The normalized spacial score (nSPS) is 20.1. The van der Waals surface area contributed by atoms with E-state index in [1.807, 2.05) is 37.3 Å². The zero-order valence-electron chi connectivity index (χ0n) is 14.2. The van der Waals surface area contributed by atoms with Gasteiger partial charge in [-0.3, -0.25) is 9.59 Å². The van der Waals surface area contributed by atoms with Gasteiger partial charge in [0.25, 0.3) is 0 Å². The summed E-state index contributed by atoms with van der Waals surface area (Å²) in [6.07, 6.45) is 0.118. The third-order valence-electron chi connectivity index (χ3n) is 4.51. The highest BCUT2D eigenvalue weighted by Gasteiger charge is 2.38. The average molecular weight is 332 g/mol. The first-order chi connectivity index (χ1) is 11.3. The fraction of sp³-hybridized carbons (Fsp3) is 0.500. The van der Waals surface area contributed by atoms with E-state index in [2.05, 4.69) is 5.32 Å². The van der Waals surface area contributed by atoms with Crippen LogP contribution in [-0.4, -0.2) is 40.4 Å². The molecule has 1 aromatic carbocycles. The molecule has 6 nitrogen and oxygen atoms in total. The topological polar surface area (TPSA) is 86.7 Å². The SMILES string of the molecule is CC(C)[C@H](NC(=O)C1CC(=O)N(C(C)c2ccccc2)C1)C(=O)O. The average Bonchev–Trinajstić information content (AvgIpc) is 2.93. The third kappa shape index (κ3) is 3.93. The summed E-state index contributed by atoms with van der Waals surface area (Å²) < 4.78 is 0. The van der Waals surface area contributed by atoms with Crippen molar-refractivity contribution < 1.29 is 19.5 Å². The van der Waals surface area contributed by atoms with Gasteiger partial charge in [-0.15, -0.1) is 0 Å². The monoisotopic (exact) mass is 332 g/mol. The van der Waals surface area contributed by atoms with E-state index >= 15 is 0 Å². The molecule has 1 fully saturated rings. The van der Waals surface area contributed by atoms with Crippen LogP contribution in [0.25, 0.3) is 0 Å². The Labute approximate surface area is 141 Å². The third-order valence-corrected chi connectivity index (χ3v) is 4.51. The van der Waals surface area contributed by atoms with Crippen LogP contribution in [-0.2, 0) is 14.4 Å². The first kappa shape index (κ1) is 18.0. The number of likely N-dealkylation sites (tertiary alicyclic amines) is 1. The fourth-order valence-electron chi connectivity index (χ4n) is 2.98. The van der Waals surface area contributed by atoms with Gasteiger partial charge >= 0.3 is 5.97 Å². The zero-order valence-corrected chi connectivity index (χ0v) is 14.2. The van der Waals surface area contributed by atoms with Gasteiger partial charge in [0.05, 0.1) is 12.0 Å². The number of carbonyl (C=O) groups excluding carboxylic acids is 2. The van der Waals surface area contributed by atoms with Crippen LogP contribution in [0.3, 0.4) is 0 Å². The molecule has 2 rings (SSSR count). The van der Waals surface area contributed by atoms with Gasteiger partial charge in [0, 0.05) is 13.0 Å². The number of carbonyl (C=O) groups is 3. The minimum atomic E-state index is -1.06. The number of benzene rings is 1. The lowest BCUT2D eigenvalue weighted by molar-refractivity contribution is -0.143. The second-order valence-corrected chi connectivity index (χ2v) is 6.60. The van der Waals surface area contributed by atoms with Crippen LogP contribution in [0.2, 0.25) is 0 Å². The van der Waals surface area contributed by atoms with Crippen molar-refractivity contribution in [3.8, 4) is 0 Å². The van der Waals surface area contributed by atoms with Gasteiger partial charge in [-0.1, -0.05) is 44.2 Å². The Balaban J connectivity index is 2.03. The Morgan fingerprint density at radius 1 is 1.21 bits per heavy atom. The summed E-state index contributed by atoms with van der Waals surface area (Å²) in [5.41, 5.74) is 1.01. The molecule has 2 amide bonds. The number of carboxylic acids is 1. The highest BCUT2D eigenvalue weighted by molar-refractivity contribution is 5.91. The van der Waals surface area contributed by atoms with Crippen molar-refractivity contribution in [2.45, 2.75) is 39.3 Å². The van der Waals surface area contributed by atoms with Crippen molar-refractivity contribution in [1.82, 2.24) is 10.2 Å². The van der Waals surface area contributed by atoms with Crippen molar-refractivity contribution >= 4 is 17.8 Å². The number of aliphatic carboxylic acids is 1. The Hall–Kier alpha value is -2.37. The van der Waals surface area contributed by atoms with Gasteiger partial charge in [0.1, 0.15) is 6.04 Å². The van der Waals surface area contributed by atoms with Gasteiger partial charge in [-0.25, -0.2) is 4.79 Å². The van der Waals surface area contributed by atoms with Crippen molar-refractivity contribution in [3.05, 3.63) is 35.9 Å². The van der Waals surface area contributed by atoms with Gasteiger partial charge in [-0.2, -0.15) is 0 Å². The van der Waals surface area contributed by atoms with Crippen molar-refractivity contribution in [1.29, 1.82) is 0 Å². The van der Waals surface area contributed by atoms with E-state index in [0.29, 0.717) is 6.54 Å². The molecule has 0 radical (unpaired) electrons. The molecule has 1 saturated heterocycles. The summed E-state index contributed by atoms with van der Waals surface area (Å²) in [4.78, 5) is 37.6. The second kappa shape index (κ2) is 7.47. The van der Waals surface area contributed by atoms with Crippen molar-refractivity contribution in [2.75, 3.05) is 6.54 Å². The van der Waals surface area contributed by atoms with E-state index in [1.54, 1.807) is 18.7 Å². The Bertz CT molecular complexity index is 615. The molecule has 1 heterocycles. The molecule has 3 atom stereocenters. The maximum absolute atomic E-state index is 12.4. The fourth-order valence-corrected chi connectivity index (χ4v) is 2.98. The molecule has 24 heavy (non-hydrogen) atoms. The Kier molecular flexibility index (Phi) is 5.59. The van der Waals surface area contributed by atoms with E-state index in [0.717, 1.165) is 5.56 Å². The quantitative estimate of drug-likeness (QED) is 0.832. The van der Waals surface area contributed by atoms with Crippen LogP contribution in [0.15, 0.2) is 30.3 Å². The van der Waals surface area contributed by atoms with Crippen molar-refractivity contribution in [2.24, 2.45) is 11.8 Å². The minimum absolute atomic E-state index is 0.0806. The molecule has 1 aromatic rings. The van der Waals surface area contributed by atoms with Crippen molar-refractivity contribution in [3.63, 3.8) is 0 Å². The summed E-state index contributed by atoms with van der Waals surface area (Å²) in [6, 6.07) is 8.59. The van der Waals surface area contributed by atoms with Crippen LogP contribution in [0.5, 0.6) is 0 Å². The number of hydrogen-bond acceptors (Lipinski definition) is 3. The number of nitrogens with one attached hydrogen (secondary N) is 1. The number of carboxylic acid groups (broad SMARTS) is 1. The van der Waals surface area contributed by atoms with Crippen LogP contribution >= 0.6 is 0 Å². The minimum Gasteiger partial charge on any atom is -0.480 e. The van der Waals surface area contributed by atoms with Crippen LogP contribution in [0.1, 0.15) is 38.8 Å². The van der Waals surface area contributed by atoms with E-state index in [1.165, 1.54) is 0 Å². The first-order valence-electron chi connectivity index (χ1n) is 8.18. The Morgan fingerprint density at radius 2 is 1.83 bits per heavy atom. The molecule has 2 unspecified atom stereocenters. The number of amides is 2. The highest BCUT2D eigenvalue weighted by Crippen LogP contribution is 2.28. The molecule has 1 aliphatic heterocycles. The molecule has 0 spiro atoms. The lowest BCUT2D eigenvalue weighted by atomic mass is 10.0. The smallest absolute Gasteiger partial charge is 0.326 e. The molecular formula is C18H24N2O4. The molecule has 0 bridgehead atoms. The molecule has 0 aromatic heterocycles. The zero-order chi connectivity index (χ0) is 17.9.